The quantitative estimate of drug-likeness (QED) is 0.250. The molecule has 0 aliphatic heterocycles. The maximum atomic E-state index is 11.3. The van der Waals surface area contributed by atoms with Gasteiger partial charge in [0.2, 0.25) is 5.91 Å². The Hall–Kier alpha value is -0.610. The van der Waals surface area contributed by atoms with Crippen LogP contribution < -0.4 is 5.32 Å². The van der Waals surface area contributed by atoms with E-state index in [4.69, 9.17) is 10.2 Å². The lowest BCUT2D eigenvalue weighted by atomic mass is 10.0. The predicted molar refractivity (Wildman–Crippen MR) is 101 cm³/mol. The van der Waals surface area contributed by atoms with E-state index in [9.17, 15) is 4.79 Å². The molecule has 0 aromatic heterocycles. The second kappa shape index (κ2) is 18.7. The molecule has 0 unspecified atom stereocenters. The lowest BCUT2D eigenvalue weighted by Crippen LogP contribution is -2.31. The summed E-state index contributed by atoms with van der Waals surface area (Å²) in [6.07, 6.45) is 18.8. The van der Waals surface area contributed by atoms with Crippen LogP contribution in [0.5, 0.6) is 0 Å². The first-order valence-corrected chi connectivity index (χ1v) is 10.3. The Bertz CT molecular complexity index is 270. The smallest absolute Gasteiger partial charge is 0.220 e. The van der Waals surface area contributed by atoms with Crippen LogP contribution >= 0.6 is 0 Å². The molecule has 0 bridgehead atoms. The number of nitrogens with one attached hydrogen (secondary N) is 1. The van der Waals surface area contributed by atoms with Crippen molar-refractivity contribution < 1.29 is 15.0 Å². The van der Waals surface area contributed by atoms with Crippen molar-refractivity contribution in [3.63, 3.8) is 0 Å². The zero-order chi connectivity index (χ0) is 17.9. The number of carbonyl (C=O) groups is 1. The Morgan fingerprint density at radius 1 is 0.708 bits per heavy atom. The van der Waals surface area contributed by atoms with Gasteiger partial charge in [-0.25, -0.2) is 0 Å². The largest absolute Gasteiger partial charge is 0.367 e. The molecular weight excluding hydrogens is 302 g/mol. The van der Waals surface area contributed by atoms with Crippen molar-refractivity contribution in [3.05, 3.63) is 0 Å². The standard InChI is InChI=1S/C20H41NO3/c1-2-3-4-5-6-7-8-9-10-11-12-13-14-15-16-17-19(22)21-18-20(23)24/h20,23-24H,2-18H2,1H3,(H,21,22). The van der Waals surface area contributed by atoms with Crippen LogP contribution in [0.3, 0.4) is 0 Å². The fourth-order valence-corrected chi connectivity index (χ4v) is 2.95. The van der Waals surface area contributed by atoms with Gasteiger partial charge in [0.1, 0.15) is 0 Å². The minimum Gasteiger partial charge on any atom is -0.367 e. The third kappa shape index (κ3) is 19.4. The lowest BCUT2D eigenvalue weighted by Gasteiger charge is -2.06. The number of hydrogen-bond donors (Lipinski definition) is 3. The summed E-state index contributed by atoms with van der Waals surface area (Å²) < 4.78 is 0. The molecule has 0 rings (SSSR count). The number of unbranched alkanes of at least 4 members (excludes halogenated alkanes) is 14. The van der Waals surface area contributed by atoms with E-state index in [0.717, 1.165) is 12.8 Å². The highest BCUT2D eigenvalue weighted by Crippen LogP contribution is 2.13. The predicted octanol–water partition coefficient (Wildman–Crippen LogP) is 4.67. The number of aliphatic hydroxyl groups excluding tert-OH is 1. The van der Waals surface area contributed by atoms with E-state index in [-0.39, 0.29) is 12.5 Å². The zero-order valence-electron chi connectivity index (χ0n) is 15.9. The van der Waals surface area contributed by atoms with Crippen molar-refractivity contribution in [1.82, 2.24) is 5.32 Å². The van der Waals surface area contributed by atoms with Crippen LogP contribution in [-0.2, 0) is 4.79 Å². The minimum atomic E-state index is -1.45. The van der Waals surface area contributed by atoms with Crippen LogP contribution in [0.1, 0.15) is 110 Å². The zero-order valence-corrected chi connectivity index (χ0v) is 15.9. The third-order valence-corrected chi connectivity index (χ3v) is 4.49. The van der Waals surface area contributed by atoms with Gasteiger partial charge in [-0.3, -0.25) is 4.79 Å². The van der Waals surface area contributed by atoms with E-state index in [0.29, 0.717) is 6.42 Å². The van der Waals surface area contributed by atoms with Crippen molar-refractivity contribution in [2.75, 3.05) is 6.54 Å². The summed E-state index contributed by atoms with van der Waals surface area (Å²) in [6.45, 7) is 2.19. The van der Waals surface area contributed by atoms with E-state index in [1.165, 1.54) is 83.5 Å². The molecule has 4 heteroatoms. The fourth-order valence-electron chi connectivity index (χ4n) is 2.95. The van der Waals surface area contributed by atoms with Crippen LogP contribution in [0.2, 0.25) is 0 Å². The van der Waals surface area contributed by atoms with E-state index in [1.807, 2.05) is 0 Å². The summed E-state index contributed by atoms with van der Waals surface area (Å²) >= 11 is 0. The summed E-state index contributed by atoms with van der Waals surface area (Å²) in [7, 11) is 0. The molecule has 0 spiro atoms. The number of aliphatic hydroxyl groups is 2. The molecule has 3 N–H and O–H groups in total. The molecular formula is C20H41NO3. The highest BCUT2D eigenvalue weighted by Gasteiger charge is 2.03. The van der Waals surface area contributed by atoms with Gasteiger partial charge in [-0.05, 0) is 6.42 Å². The third-order valence-electron chi connectivity index (χ3n) is 4.49. The van der Waals surface area contributed by atoms with Crippen LogP contribution in [0.25, 0.3) is 0 Å². The second-order valence-electron chi connectivity index (χ2n) is 6.98. The molecule has 0 atom stereocenters. The van der Waals surface area contributed by atoms with Crippen molar-refractivity contribution >= 4 is 5.91 Å². The average molecular weight is 344 g/mol. The first-order chi connectivity index (χ1) is 11.7. The number of carbonyl (C=O) groups excluding carboxylic acids is 1. The summed E-state index contributed by atoms with van der Waals surface area (Å²) in [5.74, 6) is -0.0854. The van der Waals surface area contributed by atoms with Crippen molar-refractivity contribution in [3.8, 4) is 0 Å². The summed E-state index contributed by atoms with van der Waals surface area (Å²) in [6, 6.07) is 0. The molecule has 24 heavy (non-hydrogen) atoms. The molecule has 0 aliphatic carbocycles. The first-order valence-electron chi connectivity index (χ1n) is 10.3. The monoisotopic (exact) mass is 343 g/mol. The van der Waals surface area contributed by atoms with Crippen LogP contribution in [0.15, 0.2) is 0 Å². The Labute approximate surface area is 149 Å². The van der Waals surface area contributed by atoms with E-state index >= 15 is 0 Å². The summed E-state index contributed by atoms with van der Waals surface area (Å²) in [5, 5.41) is 19.8. The van der Waals surface area contributed by atoms with Gasteiger partial charge in [0.25, 0.3) is 0 Å². The number of amides is 1. The van der Waals surface area contributed by atoms with E-state index in [2.05, 4.69) is 12.2 Å². The molecule has 0 aliphatic rings. The van der Waals surface area contributed by atoms with Gasteiger partial charge >= 0.3 is 0 Å². The molecule has 1 amide bonds. The molecule has 0 saturated carbocycles. The van der Waals surface area contributed by atoms with Gasteiger partial charge in [-0.1, -0.05) is 96.8 Å². The fraction of sp³-hybridized carbons (Fsp3) is 0.950. The van der Waals surface area contributed by atoms with Gasteiger partial charge in [0, 0.05) is 6.42 Å². The molecule has 144 valence electrons. The summed E-state index contributed by atoms with van der Waals surface area (Å²) in [5.41, 5.74) is 0. The molecule has 0 saturated heterocycles. The molecule has 4 nitrogen and oxygen atoms in total. The Kier molecular flexibility index (Phi) is 18.2. The van der Waals surface area contributed by atoms with Gasteiger partial charge in [-0.15, -0.1) is 0 Å². The molecule has 0 fully saturated rings. The van der Waals surface area contributed by atoms with Gasteiger partial charge in [-0.2, -0.15) is 0 Å². The molecule has 0 radical (unpaired) electrons. The molecule has 0 heterocycles. The van der Waals surface area contributed by atoms with Crippen molar-refractivity contribution in [2.45, 2.75) is 116 Å². The van der Waals surface area contributed by atoms with E-state index in [1.54, 1.807) is 0 Å². The molecule has 0 aromatic rings. The Balaban J connectivity index is 3.08. The lowest BCUT2D eigenvalue weighted by molar-refractivity contribution is -0.123. The normalized spacial score (nSPS) is 11.2. The second-order valence-corrected chi connectivity index (χ2v) is 6.98. The maximum Gasteiger partial charge on any atom is 0.220 e. The number of rotatable bonds is 18. The summed E-state index contributed by atoms with van der Waals surface area (Å²) in [4.78, 5) is 11.3. The highest BCUT2D eigenvalue weighted by atomic mass is 16.5. The van der Waals surface area contributed by atoms with Crippen LogP contribution in [0.4, 0.5) is 0 Å². The van der Waals surface area contributed by atoms with Crippen molar-refractivity contribution in [2.24, 2.45) is 0 Å². The van der Waals surface area contributed by atoms with E-state index < -0.39 is 6.29 Å². The highest BCUT2D eigenvalue weighted by molar-refractivity contribution is 5.75. The van der Waals surface area contributed by atoms with Crippen molar-refractivity contribution in [1.29, 1.82) is 0 Å². The Morgan fingerprint density at radius 2 is 1.08 bits per heavy atom. The average Bonchev–Trinajstić information content (AvgIpc) is 2.56. The van der Waals surface area contributed by atoms with Gasteiger partial charge in [0.15, 0.2) is 6.29 Å². The SMILES string of the molecule is CCCCCCCCCCCCCCCCCC(=O)NCC(O)O. The van der Waals surface area contributed by atoms with Gasteiger partial charge < -0.3 is 15.5 Å². The van der Waals surface area contributed by atoms with Crippen LogP contribution in [-0.4, -0.2) is 29.0 Å². The maximum absolute atomic E-state index is 11.3. The first kappa shape index (κ1) is 23.4. The number of hydrogen-bond acceptors (Lipinski definition) is 3. The topological polar surface area (TPSA) is 69.6 Å². The molecule has 0 aromatic carbocycles. The van der Waals surface area contributed by atoms with Gasteiger partial charge in [0.05, 0.1) is 6.54 Å². The minimum absolute atomic E-state index is 0.0719. The van der Waals surface area contributed by atoms with Crippen LogP contribution in [0, 0.1) is 0 Å². The Morgan fingerprint density at radius 3 is 1.46 bits per heavy atom.